The zero-order chi connectivity index (χ0) is 35.2. The molecule has 278 valence electrons. The van der Waals surface area contributed by atoms with E-state index in [1.165, 1.54) is 103 Å². The monoisotopic (exact) mass is 675 g/mol. The van der Waals surface area contributed by atoms with Crippen LogP contribution in [-0.4, -0.2) is 47.6 Å². The number of ether oxygens (including phenoxy) is 2. The van der Waals surface area contributed by atoms with Gasteiger partial charge in [0.1, 0.15) is 19.3 Å². The predicted molar refractivity (Wildman–Crippen MR) is 202 cm³/mol. The Morgan fingerprint density at radius 2 is 0.979 bits per heavy atom. The van der Waals surface area contributed by atoms with E-state index in [4.69, 9.17) is 9.47 Å². The van der Waals surface area contributed by atoms with Gasteiger partial charge in [0.15, 0.2) is 0 Å². The zero-order valence-corrected chi connectivity index (χ0v) is 31.1. The first-order chi connectivity index (χ1) is 23.5. The third kappa shape index (κ3) is 36.7. The van der Waals surface area contributed by atoms with Crippen molar-refractivity contribution in [3.63, 3.8) is 0 Å². The number of unbranched alkanes of at least 4 members (excludes halogenated alkanes) is 19. The van der Waals surface area contributed by atoms with Crippen LogP contribution in [0.5, 0.6) is 0 Å². The van der Waals surface area contributed by atoms with Gasteiger partial charge < -0.3 is 19.7 Å². The highest BCUT2D eigenvalue weighted by atomic mass is 16.6. The Morgan fingerprint density at radius 1 is 0.521 bits per heavy atom. The highest BCUT2D eigenvalue weighted by molar-refractivity contribution is 5.69. The van der Waals surface area contributed by atoms with Crippen molar-refractivity contribution in [3.05, 3.63) is 48.6 Å². The Hall–Kier alpha value is -2.18. The molecule has 0 aliphatic rings. The number of carbonyl (C=O) groups is 2. The molecule has 0 fully saturated rings. The zero-order valence-electron chi connectivity index (χ0n) is 31.1. The fourth-order valence-corrected chi connectivity index (χ4v) is 5.33. The Labute approximate surface area is 295 Å². The highest BCUT2D eigenvalue weighted by Crippen LogP contribution is 2.14. The first kappa shape index (κ1) is 45.8. The molecule has 6 nitrogen and oxygen atoms in total. The molecule has 0 amide bonds. The molecule has 0 saturated carbocycles. The lowest BCUT2D eigenvalue weighted by atomic mass is 10.0. The van der Waals surface area contributed by atoms with Gasteiger partial charge in [-0.15, -0.1) is 0 Å². The SMILES string of the molecule is CCCCC/C=C\C=C/[C@@H](O)C/C=C\C/C=C/CCCC(=O)OC[C@@H](O)COC(=O)CCCCCCCCCCCCCCCCCC. The molecule has 0 aliphatic heterocycles. The van der Waals surface area contributed by atoms with Crippen molar-refractivity contribution < 1.29 is 29.3 Å². The molecule has 0 radical (unpaired) electrons. The summed E-state index contributed by atoms with van der Waals surface area (Å²) in [6.07, 6.45) is 43.4. The second kappa shape index (κ2) is 37.6. The smallest absolute Gasteiger partial charge is 0.305 e. The molecule has 0 aromatic rings. The van der Waals surface area contributed by atoms with Crippen LogP contribution in [0.1, 0.15) is 181 Å². The summed E-state index contributed by atoms with van der Waals surface area (Å²) in [5.41, 5.74) is 0. The molecule has 0 unspecified atom stereocenters. The minimum absolute atomic E-state index is 0.148. The summed E-state index contributed by atoms with van der Waals surface area (Å²) in [7, 11) is 0. The minimum Gasteiger partial charge on any atom is -0.463 e. The van der Waals surface area contributed by atoms with Crippen molar-refractivity contribution in [3.8, 4) is 0 Å². The fourth-order valence-electron chi connectivity index (χ4n) is 5.33. The summed E-state index contributed by atoms with van der Waals surface area (Å²) in [5.74, 6) is -0.666. The minimum atomic E-state index is -1.00. The topological polar surface area (TPSA) is 93.1 Å². The van der Waals surface area contributed by atoms with E-state index in [0.29, 0.717) is 19.3 Å². The van der Waals surface area contributed by atoms with Gasteiger partial charge >= 0.3 is 11.9 Å². The normalized spacial score (nSPS) is 13.3. The van der Waals surface area contributed by atoms with Crippen LogP contribution in [0, 0.1) is 0 Å². The van der Waals surface area contributed by atoms with Crippen LogP contribution < -0.4 is 0 Å². The quantitative estimate of drug-likeness (QED) is 0.0301. The summed E-state index contributed by atoms with van der Waals surface area (Å²) < 4.78 is 10.3. The summed E-state index contributed by atoms with van der Waals surface area (Å²) in [4.78, 5) is 23.9. The molecule has 0 bridgehead atoms. The lowest BCUT2D eigenvalue weighted by Crippen LogP contribution is -2.25. The van der Waals surface area contributed by atoms with Crippen molar-refractivity contribution in [1.82, 2.24) is 0 Å². The van der Waals surface area contributed by atoms with Crippen molar-refractivity contribution >= 4 is 11.9 Å². The molecule has 0 saturated heterocycles. The van der Waals surface area contributed by atoms with Crippen LogP contribution in [0.25, 0.3) is 0 Å². The molecule has 6 heteroatoms. The molecular formula is C42H74O6. The van der Waals surface area contributed by atoms with Crippen LogP contribution in [0.4, 0.5) is 0 Å². The number of esters is 2. The number of hydrogen-bond donors (Lipinski definition) is 2. The highest BCUT2D eigenvalue weighted by Gasteiger charge is 2.12. The maximum Gasteiger partial charge on any atom is 0.305 e. The van der Waals surface area contributed by atoms with Gasteiger partial charge in [-0.05, 0) is 44.9 Å². The second-order valence-electron chi connectivity index (χ2n) is 13.3. The number of carbonyl (C=O) groups excluding carboxylic acids is 2. The van der Waals surface area contributed by atoms with E-state index in [2.05, 4.69) is 19.9 Å². The number of aliphatic hydroxyl groups excluding tert-OH is 2. The Kier molecular flexibility index (Phi) is 35.9. The van der Waals surface area contributed by atoms with Crippen molar-refractivity contribution in [2.24, 2.45) is 0 Å². The van der Waals surface area contributed by atoms with Gasteiger partial charge in [-0.1, -0.05) is 172 Å². The van der Waals surface area contributed by atoms with Gasteiger partial charge in [0, 0.05) is 12.8 Å². The number of rotatable bonds is 35. The lowest BCUT2D eigenvalue weighted by molar-refractivity contribution is -0.152. The molecular weight excluding hydrogens is 600 g/mol. The van der Waals surface area contributed by atoms with E-state index in [-0.39, 0.29) is 31.6 Å². The van der Waals surface area contributed by atoms with Gasteiger partial charge in [-0.25, -0.2) is 0 Å². The summed E-state index contributed by atoms with van der Waals surface area (Å²) in [5, 5.41) is 20.0. The molecule has 0 spiro atoms. The first-order valence-corrected chi connectivity index (χ1v) is 19.8. The molecule has 0 rings (SSSR count). The van der Waals surface area contributed by atoms with Crippen LogP contribution in [0.15, 0.2) is 48.6 Å². The Bertz CT molecular complexity index is 830. The van der Waals surface area contributed by atoms with Gasteiger partial charge in [-0.3, -0.25) is 9.59 Å². The van der Waals surface area contributed by atoms with E-state index < -0.39 is 12.2 Å². The number of hydrogen-bond acceptors (Lipinski definition) is 6. The van der Waals surface area contributed by atoms with Gasteiger partial charge in [0.25, 0.3) is 0 Å². The molecule has 0 aliphatic carbocycles. The van der Waals surface area contributed by atoms with Crippen LogP contribution in [0.3, 0.4) is 0 Å². The van der Waals surface area contributed by atoms with Gasteiger partial charge in [-0.2, -0.15) is 0 Å². The average molecular weight is 675 g/mol. The van der Waals surface area contributed by atoms with Gasteiger partial charge in [0.2, 0.25) is 0 Å². The van der Waals surface area contributed by atoms with E-state index >= 15 is 0 Å². The van der Waals surface area contributed by atoms with E-state index in [9.17, 15) is 19.8 Å². The Morgan fingerprint density at radius 3 is 1.54 bits per heavy atom. The van der Waals surface area contributed by atoms with Crippen LogP contribution >= 0.6 is 0 Å². The van der Waals surface area contributed by atoms with E-state index in [1.54, 1.807) is 0 Å². The summed E-state index contributed by atoms with van der Waals surface area (Å²) in [6.45, 7) is 4.15. The van der Waals surface area contributed by atoms with Crippen LogP contribution in [-0.2, 0) is 19.1 Å². The third-order valence-corrected chi connectivity index (χ3v) is 8.40. The summed E-state index contributed by atoms with van der Waals surface area (Å²) >= 11 is 0. The first-order valence-electron chi connectivity index (χ1n) is 19.8. The molecule has 48 heavy (non-hydrogen) atoms. The average Bonchev–Trinajstić information content (AvgIpc) is 3.08. The fraction of sp³-hybridized carbons (Fsp3) is 0.762. The van der Waals surface area contributed by atoms with Crippen molar-refractivity contribution in [1.29, 1.82) is 0 Å². The molecule has 0 heterocycles. The van der Waals surface area contributed by atoms with Crippen molar-refractivity contribution in [2.45, 2.75) is 193 Å². The lowest BCUT2D eigenvalue weighted by Gasteiger charge is -2.12. The molecule has 2 N–H and O–H groups in total. The largest absolute Gasteiger partial charge is 0.463 e. The number of aliphatic hydroxyl groups is 2. The molecule has 0 aromatic carbocycles. The molecule has 0 aromatic heterocycles. The Balaban J connectivity index is 3.58. The van der Waals surface area contributed by atoms with Crippen LogP contribution in [0.2, 0.25) is 0 Å². The third-order valence-electron chi connectivity index (χ3n) is 8.40. The molecule has 2 atom stereocenters. The second-order valence-corrected chi connectivity index (χ2v) is 13.3. The maximum absolute atomic E-state index is 12.0. The standard InChI is InChI=1S/C42H74O6/c1-3-5-7-9-11-12-13-14-15-16-17-18-19-23-27-31-35-41(45)47-37-40(44)38-48-42(46)36-32-28-24-20-22-26-30-34-39(43)33-29-25-21-10-8-6-4-2/h20-21,24-26,29-30,33,39-40,43-44H,3-19,22-23,27-28,31-32,34-38H2,1-2H3/b24-20+,25-21-,30-26-,33-29-/t39-,40+/m1/s1. The maximum atomic E-state index is 12.0. The van der Waals surface area contributed by atoms with Gasteiger partial charge in [0.05, 0.1) is 6.10 Å². The summed E-state index contributed by atoms with van der Waals surface area (Å²) in [6, 6.07) is 0. The van der Waals surface area contributed by atoms with Crippen molar-refractivity contribution in [2.75, 3.05) is 13.2 Å². The van der Waals surface area contributed by atoms with E-state index in [1.807, 2.05) is 42.5 Å². The number of allylic oxidation sites excluding steroid dienone is 6. The van der Waals surface area contributed by atoms with E-state index in [0.717, 1.165) is 38.5 Å². The predicted octanol–water partition coefficient (Wildman–Crippen LogP) is 11.2.